The second-order valence-corrected chi connectivity index (χ2v) is 11.3. The number of hydrogen-bond donors (Lipinski definition) is 1. The summed E-state index contributed by atoms with van der Waals surface area (Å²) >= 11 is 0. The lowest BCUT2D eigenvalue weighted by Gasteiger charge is -2.16. The highest BCUT2D eigenvalue weighted by molar-refractivity contribution is 7.89. The number of aromatic nitrogens is 2. The van der Waals surface area contributed by atoms with Crippen molar-refractivity contribution in [3.8, 4) is 44.5 Å². The van der Waals surface area contributed by atoms with Gasteiger partial charge in [0.25, 0.3) is 0 Å². The molecule has 0 radical (unpaired) electrons. The van der Waals surface area contributed by atoms with Crippen molar-refractivity contribution in [3.63, 3.8) is 0 Å². The molecule has 190 valence electrons. The molecule has 5 nitrogen and oxygen atoms in total. The highest BCUT2D eigenvalue weighted by atomic mass is 32.2. The van der Waals surface area contributed by atoms with Crippen molar-refractivity contribution in [2.45, 2.75) is 32.6 Å². The van der Waals surface area contributed by atoms with E-state index in [9.17, 15) is 8.42 Å². The van der Waals surface area contributed by atoms with Gasteiger partial charge in [-0.3, -0.25) is 9.97 Å². The van der Waals surface area contributed by atoms with Gasteiger partial charge in [-0.1, -0.05) is 42.5 Å². The SMILES string of the molecule is Cc1cc(-c2ccc(S(N)(=O)=O)cc2-c2ccc(-c3cnccc3C)c(C)c2)ccc1-c1cnccc1C. The smallest absolute Gasteiger partial charge is 0.238 e. The van der Waals surface area contributed by atoms with E-state index in [0.717, 1.165) is 66.8 Å². The Hall–Kier alpha value is -4.13. The number of nitrogens with two attached hydrogens (primary N) is 1. The maximum Gasteiger partial charge on any atom is 0.238 e. The van der Waals surface area contributed by atoms with Crippen LogP contribution in [0.5, 0.6) is 0 Å². The number of aryl methyl sites for hydroxylation is 4. The van der Waals surface area contributed by atoms with Crippen LogP contribution in [0.3, 0.4) is 0 Å². The Morgan fingerprint density at radius 2 is 1.00 bits per heavy atom. The average molecular weight is 520 g/mol. The quantitative estimate of drug-likeness (QED) is 0.270. The third-order valence-corrected chi connectivity index (χ3v) is 7.96. The van der Waals surface area contributed by atoms with Gasteiger partial charge in [0.15, 0.2) is 0 Å². The van der Waals surface area contributed by atoms with Gasteiger partial charge in [0.1, 0.15) is 0 Å². The van der Waals surface area contributed by atoms with Crippen molar-refractivity contribution in [1.29, 1.82) is 0 Å². The first-order valence-electron chi connectivity index (χ1n) is 12.3. The maximum atomic E-state index is 12.3. The van der Waals surface area contributed by atoms with Gasteiger partial charge in [-0.2, -0.15) is 0 Å². The summed E-state index contributed by atoms with van der Waals surface area (Å²) in [5.41, 5.74) is 12.5. The Kier molecular flexibility index (Phi) is 6.69. The lowest BCUT2D eigenvalue weighted by molar-refractivity contribution is 0.598. The van der Waals surface area contributed by atoms with Crippen LogP contribution in [0.15, 0.2) is 96.4 Å². The lowest BCUT2D eigenvalue weighted by atomic mass is 9.89. The summed E-state index contributed by atoms with van der Waals surface area (Å²) in [4.78, 5) is 8.68. The third-order valence-electron chi connectivity index (χ3n) is 7.05. The molecule has 6 heteroatoms. The number of rotatable bonds is 5. The number of primary sulfonamides is 1. The highest BCUT2D eigenvalue weighted by Crippen LogP contribution is 2.38. The zero-order chi connectivity index (χ0) is 27.0. The fourth-order valence-corrected chi connectivity index (χ4v) is 5.49. The lowest BCUT2D eigenvalue weighted by Crippen LogP contribution is -2.12. The number of nitrogens with zero attached hydrogens (tertiary/aromatic N) is 2. The molecule has 38 heavy (non-hydrogen) atoms. The first kappa shape index (κ1) is 25.5. The second kappa shape index (κ2) is 9.97. The Balaban J connectivity index is 1.66. The van der Waals surface area contributed by atoms with E-state index in [1.807, 2.05) is 36.7 Å². The molecule has 5 rings (SSSR count). The van der Waals surface area contributed by atoms with Gasteiger partial charge in [-0.05, 0) is 108 Å². The summed E-state index contributed by atoms with van der Waals surface area (Å²) in [5.74, 6) is 0. The number of hydrogen-bond acceptors (Lipinski definition) is 4. The normalized spacial score (nSPS) is 11.5. The van der Waals surface area contributed by atoms with Crippen LogP contribution in [0.2, 0.25) is 0 Å². The van der Waals surface area contributed by atoms with Crippen molar-refractivity contribution in [2.24, 2.45) is 5.14 Å². The van der Waals surface area contributed by atoms with Crippen LogP contribution in [0.4, 0.5) is 0 Å². The number of sulfonamides is 1. The van der Waals surface area contributed by atoms with E-state index in [1.165, 1.54) is 0 Å². The molecule has 2 heterocycles. The van der Waals surface area contributed by atoms with Gasteiger partial charge in [0.2, 0.25) is 10.0 Å². The summed E-state index contributed by atoms with van der Waals surface area (Å²) in [7, 11) is -3.87. The van der Waals surface area contributed by atoms with Crippen molar-refractivity contribution in [2.75, 3.05) is 0 Å². The van der Waals surface area contributed by atoms with E-state index in [1.54, 1.807) is 24.5 Å². The van der Waals surface area contributed by atoms with Crippen LogP contribution in [-0.2, 0) is 10.0 Å². The predicted molar refractivity (Wildman–Crippen MR) is 154 cm³/mol. The molecule has 0 aliphatic carbocycles. The zero-order valence-corrected chi connectivity index (χ0v) is 22.7. The standard InChI is InChI=1S/C32H29N3O2S/c1-20-11-13-34-18-31(20)27-8-5-24(15-22(27)3)29-10-7-26(38(33,36)37)17-30(29)25-6-9-28(23(4)16-25)32-19-35-14-12-21(32)2/h5-19H,1-4H3,(H2,33,36,37). The molecule has 0 saturated carbocycles. The fourth-order valence-electron chi connectivity index (χ4n) is 4.95. The van der Waals surface area contributed by atoms with Gasteiger partial charge >= 0.3 is 0 Å². The summed E-state index contributed by atoms with van der Waals surface area (Å²) < 4.78 is 24.5. The van der Waals surface area contributed by atoms with Crippen molar-refractivity contribution in [3.05, 3.63) is 114 Å². The molecule has 2 N–H and O–H groups in total. The molecule has 0 fully saturated rings. The maximum absolute atomic E-state index is 12.3. The monoisotopic (exact) mass is 519 g/mol. The minimum atomic E-state index is -3.87. The summed E-state index contributed by atoms with van der Waals surface area (Å²) in [6, 6.07) is 21.6. The topological polar surface area (TPSA) is 85.9 Å². The molecule has 5 aromatic rings. The molecule has 0 aliphatic heterocycles. The minimum Gasteiger partial charge on any atom is -0.264 e. The molecule has 0 saturated heterocycles. The largest absolute Gasteiger partial charge is 0.264 e. The van der Waals surface area contributed by atoms with E-state index in [4.69, 9.17) is 5.14 Å². The molecule has 0 aliphatic rings. The molecule has 0 amide bonds. The molecule has 0 unspecified atom stereocenters. The number of pyridine rings is 2. The summed E-state index contributed by atoms with van der Waals surface area (Å²) in [6.07, 6.45) is 7.35. The molecule has 0 bridgehead atoms. The van der Waals surface area contributed by atoms with Gasteiger partial charge in [-0.25, -0.2) is 13.6 Å². The Morgan fingerprint density at radius 1 is 0.526 bits per heavy atom. The highest BCUT2D eigenvalue weighted by Gasteiger charge is 2.17. The third kappa shape index (κ3) is 4.88. The first-order chi connectivity index (χ1) is 18.1. The van der Waals surface area contributed by atoms with Crippen LogP contribution >= 0.6 is 0 Å². The van der Waals surface area contributed by atoms with Gasteiger partial charge in [0, 0.05) is 35.9 Å². The predicted octanol–water partition coefficient (Wildman–Crippen LogP) is 7.03. The summed E-state index contributed by atoms with van der Waals surface area (Å²) in [6.45, 7) is 8.28. The Bertz CT molecular complexity index is 1790. The fraction of sp³-hybridized carbons (Fsp3) is 0.125. The van der Waals surface area contributed by atoms with Gasteiger partial charge in [0.05, 0.1) is 4.90 Å². The van der Waals surface area contributed by atoms with Crippen LogP contribution in [-0.4, -0.2) is 18.4 Å². The van der Waals surface area contributed by atoms with Crippen molar-refractivity contribution >= 4 is 10.0 Å². The molecular weight excluding hydrogens is 490 g/mol. The number of benzene rings is 3. The first-order valence-corrected chi connectivity index (χ1v) is 13.9. The second-order valence-electron chi connectivity index (χ2n) is 9.69. The van der Waals surface area contributed by atoms with E-state index >= 15 is 0 Å². The molecular formula is C32H29N3O2S. The van der Waals surface area contributed by atoms with E-state index < -0.39 is 10.0 Å². The van der Waals surface area contributed by atoms with E-state index in [-0.39, 0.29) is 4.90 Å². The Morgan fingerprint density at radius 3 is 1.45 bits per heavy atom. The van der Waals surface area contributed by atoms with Crippen LogP contribution in [0.25, 0.3) is 44.5 Å². The van der Waals surface area contributed by atoms with Gasteiger partial charge in [-0.15, -0.1) is 0 Å². The molecule has 2 aromatic heterocycles. The van der Waals surface area contributed by atoms with E-state index in [2.05, 4.69) is 68.0 Å². The zero-order valence-electron chi connectivity index (χ0n) is 21.9. The van der Waals surface area contributed by atoms with Crippen molar-refractivity contribution in [1.82, 2.24) is 9.97 Å². The summed E-state index contributed by atoms with van der Waals surface area (Å²) in [5, 5.41) is 5.52. The Labute approximate surface area is 224 Å². The average Bonchev–Trinajstić information content (AvgIpc) is 2.89. The molecule has 3 aromatic carbocycles. The van der Waals surface area contributed by atoms with Crippen LogP contribution in [0.1, 0.15) is 22.3 Å². The van der Waals surface area contributed by atoms with Crippen LogP contribution in [0, 0.1) is 27.7 Å². The van der Waals surface area contributed by atoms with Crippen LogP contribution < -0.4 is 5.14 Å². The van der Waals surface area contributed by atoms with Gasteiger partial charge < -0.3 is 0 Å². The molecule has 0 atom stereocenters. The van der Waals surface area contributed by atoms with E-state index in [0.29, 0.717) is 0 Å². The van der Waals surface area contributed by atoms with Crippen molar-refractivity contribution < 1.29 is 8.42 Å². The molecule has 0 spiro atoms. The minimum absolute atomic E-state index is 0.0837.